The molecular formula is C10H8F2N2O. The van der Waals surface area contributed by atoms with Gasteiger partial charge >= 0.3 is 0 Å². The van der Waals surface area contributed by atoms with Crippen molar-refractivity contribution in [3.05, 3.63) is 35.5 Å². The first-order valence-electron chi connectivity index (χ1n) is 4.26. The van der Waals surface area contributed by atoms with Crippen LogP contribution >= 0.6 is 0 Å². The molecule has 15 heavy (non-hydrogen) atoms. The van der Waals surface area contributed by atoms with E-state index in [1.807, 2.05) is 0 Å². The summed E-state index contributed by atoms with van der Waals surface area (Å²) in [6, 6.07) is 2.41. The maximum absolute atomic E-state index is 13.6. The van der Waals surface area contributed by atoms with Crippen molar-refractivity contribution >= 4 is 6.01 Å². The van der Waals surface area contributed by atoms with Crippen molar-refractivity contribution in [3.8, 4) is 11.3 Å². The van der Waals surface area contributed by atoms with Crippen molar-refractivity contribution < 1.29 is 13.2 Å². The van der Waals surface area contributed by atoms with Gasteiger partial charge in [0.15, 0.2) is 5.76 Å². The normalized spacial score (nSPS) is 10.6. The van der Waals surface area contributed by atoms with Gasteiger partial charge in [-0.3, -0.25) is 0 Å². The van der Waals surface area contributed by atoms with E-state index in [2.05, 4.69) is 4.98 Å². The maximum atomic E-state index is 13.6. The minimum absolute atomic E-state index is 0.00815. The van der Waals surface area contributed by atoms with Crippen LogP contribution in [0.15, 0.2) is 22.7 Å². The van der Waals surface area contributed by atoms with Crippen LogP contribution < -0.4 is 5.73 Å². The number of oxazole rings is 1. The Kier molecular flexibility index (Phi) is 2.15. The van der Waals surface area contributed by atoms with E-state index in [1.165, 1.54) is 25.3 Å². The minimum Gasteiger partial charge on any atom is -0.424 e. The van der Waals surface area contributed by atoms with E-state index in [1.54, 1.807) is 0 Å². The van der Waals surface area contributed by atoms with Crippen molar-refractivity contribution in [3.63, 3.8) is 0 Å². The van der Waals surface area contributed by atoms with Crippen LogP contribution in [0.4, 0.5) is 14.8 Å². The van der Waals surface area contributed by atoms with Crippen molar-refractivity contribution in [1.82, 2.24) is 4.98 Å². The molecule has 2 rings (SSSR count). The zero-order chi connectivity index (χ0) is 11.0. The first kappa shape index (κ1) is 9.64. The zero-order valence-electron chi connectivity index (χ0n) is 7.92. The third-order valence-corrected chi connectivity index (χ3v) is 2.05. The van der Waals surface area contributed by atoms with Crippen molar-refractivity contribution in [1.29, 1.82) is 0 Å². The molecule has 78 valence electrons. The smallest absolute Gasteiger partial charge is 0.292 e. The van der Waals surface area contributed by atoms with Gasteiger partial charge in [0, 0.05) is 0 Å². The monoisotopic (exact) mass is 210 g/mol. The van der Waals surface area contributed by atoms with Gasteiger partial charge < -0.3 is 10.2 Å². The number of halogens is 2. The highest BCUT2D eigenvalue weighted by Gasteiger charge is 2.16. The number of nitrogens with zero attached hydrogens (tertiary/aromatic N) is 1. The highest BCUT2D eigenvalue weighted by molar-refractivity contribution is 5.60. The molecule has 2 aromatic rings. The third kappa shape index (κ3) is 1.56. The van der Waals surface area contributed by atoms with Crippen LogP contribution in [0, 0.1) is 18.6 Å². The number of nitrogens with two attached hydrogens (primary N) is 1. The van der Waals surface area contributed by atoms with Crippen molar-refractivity contribution in [2.24, 2.45) is 0 Å². The van der Waals surface area contributed by atoms with Crippen molar-refractivity contribution in [2.75, 3.05) is 5.73 Å². The summed E-state index contributed by atoms with van der Waals surface area (Å²) in [7, 11) is 0. The molecule has 1 heterocycles. The quantitative estimate of drug-likeness (QED) is 0.786. The fraction of sp³-hybridized carbons (Fsp3) is 0.100. The van der Waals surface area contributed by atoms with Crippen LogP contribution in [-0.2, 0) is 0 Å². The van der Waals surface area contributed by atoms with Gasteiger partial charge in [-0.25, -0.2) is 13.8 Å². The van der Waals surface area contributed by atoms with Crippen LogP contribution in [0.1, 0.15) is 5.56 Å². The van der Waals surface area contributed by atoms with Gasteiger partial charge in [-0.15, -0.1) is 0 Å². The highest BCUT2D eigenvalue weighted by atomic mass is 19.1. The largest absolute Gasteiger partial charge is 0.424 e. The standard InChI is InChI=1S/C10H8F2N2O/c1-5-2-3-6(11)8(9(5)12)7-4-14-10(13)15-7/h2-4H,1H3,(H2,13,14). The van der Waals surface area contributed by atoms with Gasteiger partial charge in [0.05, 0.1) is 11.8 Å². The molecule has 0 bridgehead atoms. The molecule has 2 N–H and O–H groups in total. The van der Waals surface area contributed by atoms with Gasteiger partial charge in [0.1, 0.15) is 11.6 Å². The predicted molar refractivity (Wildman–Crippen MR) is 51.0 cm³/mol. The summed E-state index contributed by atoms with van der Waals surface area (Å²) >= 11 is 0. The summed E-state index contributed by atoms with van der Waals surface area (Å²) in [6.45, 7) is 1.54. The van der Waals surface area contributed by atoms with Crippen LogP contribution in [0.25, 0.3) is 11.3 Å². The summed E-state index contributed by atoms with van der Waals surface area (Å²) < 4.78 is 31.8. The molecule has 0 unspecified atom stereocenters. The molecule has 0 fully saturated rings. The first-order chi connectivity index (χ1) is 7.09. The zero-order valence-corrected chi connectivity index (χ0v) is 7.92. The number of rotatable bonds is 1. The van der Waals surface area contributed by atoms with E-state index < -0.39 is 11.6 Å². The fourth-order valence-electron chi connectivity index (χ4n) is 1.29. The summed E-state index contributed by atoms with van der Waals surface area (Å²) in [5.74, 6) is -1.37. The van der Waals surface area contributed by atoms with E-state index in [0.29, 0.717) is 5.56 Å². The second-order valence-electron chi connectivity index (χ2n) is 3.12. The lowest BCUT2D eigenvalue weighted by Crippen LogP contribution is -1.92. The van der Waals surface area contributed by atoms with E-state index in [-0.39, 0.29) is 17.3 Å². The molecule has 0 aliphatic rings. The number of hydrogen-bond acceptors (Lipinski definition) is 3. The molecule has 0 amide bonds. The van der Waals surface area contributed by atoms with Gasteiger partial charge in [-0.05, 0) is 18.6 Å². The number of nitrogen functional groups attached to an aromatic ring is 1. The van der Waals surface area contributed by atoms with E-state index >= 15 is 0 Å². The molecule has 0 saturated carbocycles. The van der Waals surface area contributed by atoms with E-state index in [9.17, 15) is 8.78 Å². The predicted octanol–water partition coefficient (Wildman–Crippen LogP) is 2.51. The lowest BCUT2D eigenvalue weighted by molar-refractivity contribution is 0.552. The topological polar surface area (TPSA) is 52.0 Å². The molecule has 5 heteroatoms. The second-order valence-corrected chi connectivity index (χ2v) is 3.12. The number of hydrogen-bond donors (Lipinski definition) is 1. The number of anilines is 1. The Morgan fingerprint density at radius 1 is 1.33 bits per heavy atom. The number of benzene rings is 1. The summed E-state index contributed by atoms with van der Waals surface area (Å²) in [6.07, 6.45) is 1.19. The Labute approximate surface area is 84.5 Å². The Balaban J connectivity index is 2.66. The van der Waals surface area contributed by atoms with Crippen LogP contribution in [-0.4, -0.2) is 4.98 Å². The molecule has 0 atom stereocenters. The average molecular weight is 210 g/mol. The molecule has 0 radical (unpaired) electrons. The maximum Gasteiger partial charge on any atom is 0.292 e. The highest BCUT2D eigenvalue weighted by Crippen LogP contribution is 2.28. The summed E-state index contributed by atoms with van der Waals surface area (Å²) in [5, 5.41) is 0. The molecule has 3 nitrogen and oxygen atoms in total. The fourth-order valence-corrected chi connectivity index (χ4v) is 1.29. The summed E-state index contributed by atoms with van der Waals surface area (Å²) in [4.78, 5) is 3.58. The van der Waals surface area contributed by atoms with Crippen LogP contribution in [0.2, 0.25) is 0 Å². The van der Waals surface area contributed by atoms with Crippen molar-refractivity contribution in [2.45, 2.75) is 6.92 Å². The Morgan fingerprint density at radius 3 is 2.67 bits per heavy atom. The lowest BCUT2D eigenvalue weighted by atomic mass is 10.1. The van der Waals surface area contributed by atoms with E-state index in [4.69, 9.17) is 10.2 Å². The average Bonchev–Trinajstić information content (AvgIpc) is 2.59. The Hall–Kier alpha value is -1.91. The molecule has 0 aliphatic heterocycles. The van der Waals surface area contributed by atoms with Crippen LogP contribution in [0.3, 0.4) is 0 Å². The van der Waals surface area contributed by atoms with Gasteiger partial charge in [0.2, 0.25) is 0 Å². The minimum atomic E-state index is -0.700. The molecule has 1 aromatic heterocycles. The van der Waals surface area contributed by atoms with Gasteiger partial charge in [0.25, 0.3) is 6.01 Å². The Morgan fingerprint density at radius 2 is 2.07 bits per heavy atom. The Bertz CT molecular complexity index is 508. The molecular weight excluding hydrogens is 202 g/mol. The second kappa shape index (κ2) is 3.34. The number of aromatic nitrogens is 1. The van der Waals surface area contributed by atoms with Gasteiger partial charge in [-0.2, -0.15) is 0 Å². The van der Waals surface area contributed by atoms with E-state index in [0.717, 1.165) is 0 Å². The SMILES string of the molecule is Cc1ccc(F)c(-c2cnc(N)o2)c1F. The number of aryl methyl sites for hydroxylation is 1. The first-order valence-corrected chi connectivity index (χ1v) is 4.26. The summed E-state index contributed by atoms with van der Waals surface area (Å²) in [5.41, 5.74) is 5.33. The third-order valence-electron chi connectivity index (χ3n) is 2.05. The molecule has 0 aliphatic carbocycles. The van der Waals surface area contributed by atoms with Gasteiger partial charge in [-0.1, -0.05) is 6.07 Å². The molecule has 0 spiro atoms. The van der Waals surface area contributed by atoms with Crippen LogP contribution in [0.5, 0.6) is 0 Å². The lowest BCUT2D eigenvalue weighted by Gasteiger charge is -2.03. The molecule has 0 saturated heterocycles. The molecule has 1 aromatic carbocycles.